The number of hydrogen-bond donors (Lipinski definition) is 1. The second kappa shape index (κ2) is 7.43. The highest BCUT2D eigenvalue weighted by atomic mass is 16.3. The van der Waals surface area contributed by atoms with Gasteiger partial charge < -0.3 is 9.73 Å². The fourth-order valence-electron chi connectivity index (χ4n) is 2.81. The van der Waals surface area contributed by atoms with Gasteiger partial charge >= 0.3 is 0 Å². The zero-order valence-corrected chi connectivity index (χ0v) is 14.3. The number of nitrogens with zero attached hydrogens (tertiary/aromatic N) is 2. The molecule has 2 rings (SSSR count). The molecule has 0 aliphatic carbocycles. The summed E-state index contributed by atoms with van der Waals surface area (Å²) in [5, 5.41) is 3.46. The molecule has 0 spiro atoms. The summed E-state index contributed by atoms with van der Waals surface area (Å²) in [6.45, 7) is 17.4. The van der Waals surface area contributed by atoms with E-state index in [4.69, 9.17) is 4.42 Å². The summed E-state index contributed by atoms with van der Waals surface area (Å²) in [7, 11) is 0. The lowest BCUT2D eigenvalue weighted by Gasteiger charge is -2.36. The fourth-order valence-corrected chi connectivity index (χ4v) is 2.81. The van der Waals surface area contributed by atoms with Crippen LogP contribution in [0.3, 0.4) is 0 Å². The zero-order valence-electron chi connectivity index (χ0n) is 14.3. The van der Waals surface area contributed by atoms with Gasteiger partial charge in [0.1, 0.15) is 11.5 Å². The Balaban J connectivity index is 1.85. The average Bonchev–Trinajstić information content (AvgIpc) is 2.77. The van der Waals surface area contributed by atoms with Gasteiger partial charge in [-0.1, -0.05) is 13.8 Å². The van der Waals surface area contributed by atoms with E-state index in [2.05, 4.69) is 55.8 Å². The number of piperazine rings is 1. The van der Waals surface area contributed by atoms with E-state index in [1.807, 2.05) is 0 Å². The molecule has 1 aliphatic heterocycles. The molecule has 0 atom stereocenters. The van der Waals surface area contributed by atoms with Gasteiger partial charge in [0.05, 0.1) is 6.54 Å². The van der Waals surface area contributed by atoms with Crippen molar-refractivity contribution in [3.8, 4) is 0 Å². The molecule has 0 saturated carbocycles. The van der Waals surface area contributed by atoms with Crippen molar-refractivity contribution in [3.63, 3.8) is 0 Å². The van der Waals surface area contributed by atoms with Gasteiger partial charge in [-0.25, -0.2) is 0 Å². The molecule has 2 heterocycles. The standard InChI is InChI=1S/C17H31N3O/c1-13(2)18-11-16-10-17(21-15(16)5)12-19-6-8-20(9-7-19)14(3)4/h10,13-14,18H,6-9,11-12H2,1-5H3. The van der Waals surface area contributed by atoms with Crippen LogP contribution in [0.4, 0.5) is 0 Å². The van der Waals surface area contributed by atoms with Crippen molar-refractivity contribution in [1.82, 2.24) is 15.1 Å². The molecule has 0 unspecified atom stereocenters. The smallest absolute Gasteiger partial charge is 0.118 e. The molecule has 4 nitrogen and oxygen atoms in total. The van der Waals surface area contributed by atoms with E-state index in [1.54, 1.807) is 0 Å². The highest BCUT2D eigenvalue weighted by Gasteiger charge is 2.20. The van der Waals surface area contributed by atoms with Crippen LogP contribution in [-0.4, -0.2) is 48.1 Å². The molecule has 0 amide bonds. The van der Waals surface area contributed by atoms with Crippen molar-refractivity contribution in [1.29, 1.82) is 0 Å². The first-order valence-electron chi connectivity index (χ1n) is 8.23. The predicted molar refractivity (Wildman–Crippen MR) is 87.4 cm³/mol. The topological polar surface area (TPSA) is 31.7 Å². The summed E-state index contributed by atoms with van der Waals surface area (Å²) in [6.07, 6.45) is 0. The van der Waals surface area contributed by atoms with Crippen molar-refractivity contribution < 1.29 is 4.42 Å². The Labute approximate surface area is 129 Å². The number of rotatable bonds is 6. The number of furan rings is 1. The quantitative estimate of drug-likeness (QED) is 0.874. The molecule has 1 saturated heterocycles. The maximum Gasteiger partial charge on any atom is 0.118 e. The molecule has 21 heavy (non-hydrogen) atoms. The lowest BCUT2D eigenvalue weighted by atomic mass is 10.2. The third kappa shape index (κ3) is 4.83. The maximum atomic E-state index is 5.93. The summed E-state index contributed by atoms with van der Waals surface area (Å²) in [5.41, 5.74) is 1.29. The SMILES string of the molecule is Cc1oc(CN2CCN(C(C)C)CC2)cc1CNC(C)C. The minimum absolute atomic E-state index is 0.506. The van der Waals surface area contributed by atoms with Crippen molar-refractivity contribution in [3.05, 3.63) is 23.2 Å². The van der Waals surface area contributed by atoms with Crippen molar-refractivity contribution in [2.45, 2.75) is 59.8 Å². The van der Waals surface area contributed by atoms with Crippen molar-refractivity contribution in [2.75, 3.05) is 26.2 Å². The van der Waals surface area contributed by atoms with E-state index < -0.39 is 0 Å². The van der Waals surface area contributed by atoms with Crippen LogP contribution in [0.1, 0.15) is 44.8 Å². The molecule has 1 aromatic rings. The minimum atomic E-state index is 0.506. The van der Waals surface area contributed by atoms with Gasteiger partial charge in [-0.3, -0.25) is 9.80 Å². The van der Waals surface area contributed by atoms with Crippen LogP contribution in [0.15, 0.2) is 10.5 Å². The molecular weight excluding hydrogens is 262 g/mol. The van der Waals surface area contributed by atoms with Crippen LogP contribution in [0.25, 0.3) is 0 Å². The lowest BCUT2D eigenvalue weighted by molar-refractivity contribution is 0.0988. The van der Waals surface area contributed by atoms with Crippen LogP contribution in [0.5, 0.6) is 0 Å². The van der Waals surface area contributed by atoms with Crippen molar-refractivity contribution >= 4 is 0 Å². The Morgan fingerprint density at radius 2 is 1.81 bits per heavy atom. The highest BCUT2D eigenvalue weighted by molar-refractivity contribution is 5.20. The van der Waals surface area contributed by atoms with Gasteiger partial charge in [0, 0.05) is 50.4 Å². The first kappa shape index (κ1) is 16.5. The Morgan fingerprint density at radius 1 is 1.14 bits per heavy atom. The first-order chi connectivity index (χ1) is 9.95. The van der Waals surface area contributed by atoms with Crippen LogP contribution >= 0.6 is 0 Å². The maximum absolute atomic E-state index is 5.93. The van der Waals surface area contributed by atoms with Crippen LogP contribution in [0, 0.1) is 6.92 Å². The molecule has 1 fully saturated rings. The van der Waals surface area contributed by atoms with E-state index in [1.165, 1.54) is 18.7 Å². The van der Waals surface area contributed by atoms with Gasteiger partial charge in [0.25, 0.3) is 0 Å². The molecule has 1 aromatic heterocycles. The summed E-state index contributed by atoms with van der Waals surface area (Å²) in [4.78, 5) is 5.04. The Bertz CT molecular complexity index is 431. The van der Waals surface area contributed by atoms with Crippen LogP contribution in [0.2, 0.25) is 0 Å². The number of aryl methyl sites for hydroxylation is 1. The molecule has 120 valence electrons. The Kier molecular flexibility index (Phi) is 5.85. The summed E-state index contributed by atoms with van der Waals surface area (Å²) in [6, 6.07) is 3.39. The molecule has 0 aromatic carbocycles. The highest BCUT2D eigenvalue weighted by Crippen LogP contribution is 2.17. The second-order valence-corrected chi connectivity index (χ2v) is 6.74. The van der Waals surface area contributed by atoms with Crippen LogP contribution in [-0.2, 0) is 13.1 Å². The van der Waals surface area contributed by atoms with Gasteiger partial charge in [0.15, 0.2) is 0 Å². The molecule has 1 N–H and O–H groups in total. The molecule has 0 bridgehead atoms. The minimum Gasteiger partial charge on any atom is -0.465 e. The van der Waals surface area contributed by atoms with Crippen LogP contribution < -0.4 is 5.32 Å². The number of hydrogen-bond acceptors (Lipinski definition) is 4. The molecule has 0 radical (unpaired) electrons. The zero-order chi connectivity index (χ0) is 15.4. The Hall–Kier alpha value is -0.840. The van der Waals surface area contributed by atoms with Gasteiger partial charge in [0.2, 0.25) is 0 Å². The summed E-state index contributed by atoms with van der Waals surface area (Å²) < 4.78 is 5.93. The summed E-state index contributed by atoms with van der Waals surface area (Å²) >= 11 is 0. The monoisotopic (exact) mass is 293 g/mol. The van der Waals surface area contributed by atoms with Gasteiger partial charge in [-0.15, -0.1) is 0 Å². The lowest BCUT2D eigenvalue weighted by Crippen LogP contribution is -2.48. The second-order valence-electron chi connectivity index (χ2n) is 6.74. The van der Waals surface area contributed by atoms with Gasteiger partial charge in [-0.05, 0) is 26.8 Å². The molecule has 4 heteroatoms. The normalized spacial score (nSPS) is 18.0. The third-order valence-corrected chi connectivity index (χ3v) is 4.29. The van der Waals surface area contributed by atoms with E-state index in [-0.39, 0.29) is 0 Å². The molecule has 1 aliphatic rings. The first-order valence-corrected chi connectivity index (χ1v) is 8.23. The van der Waals surface area contributed by atoms with Crippen molar-refractivity contribution in [2.24, 2.45) is 0 Å². The van der Waals surface area contributed by atoms with Gasteiger partial charge in [-0.2, -0.15) is 0 Å². The Morgan fingerprint density at radius 3 is 2.38 bits per heavy atom. The van der Waals surface area contributed by atoms with E-state index in [9.17, 15) is 0 Å². The third-order valence-electron chi connectivity index (χ3n) is 4.29. The van der Waals surface area contributed by atoms with E-state index in [0.717, 1.165) is 37.7 Å². The predicted octanol–water partition coefficient (Wildman–Crippen LogP) is 2.61. The number of nitrogens with one attached hydrogen (secondary N) is 1. The average molecular weight is 293 g/mol. The van der Waals surface area contributed by atoms with E-state index >= 15 is 0 Å². The van der Waals surface area contributed by atoms with E-state index in [0.29, 0.717) is 12.1 Å². The fraction of sp³-hybridized carbons (Fsp3) is 0.765. The molecular formula is C17H31N3O. The summed E-state index contributed by atoms with van der Waals surface area (Å²) in [5.74, 6) is 2.16. The largest absolute Gasteiger partial charge is 0.465 e.